The molecule has 6 nitrogen and oxygen atoms in total. The number of nitrogens with zero attached hydrogens (tertiary/aromatic N) is 1. The van der Waals surface area contributed by atoms with Crippen LogP contribution in [0.1, 0.15) is 32.4 Å². The molecule has 1 atom stereocenters. The lowest BCUT2D eigenvalue weighted by molar-refractivity contribution is -0.127. The van der Waals surface area contributed by atoms with Crippen LogP contribution in [0, 0.1) is 5.92 Å². The predicted octanol–water partition coefficient (Wildman–Crippen LogP) is 0.359. The number of amides is 2. The van der Waals surface area contributed by atoms with Gasteiger partial charge in [-0.1, -0.05) is 13.8 Å². The fraction of sp³-hybridized carbons (Fsp3) is 0.583. The average molecular weight is 252 g/mol. The summed E-state index contributed by atoms with van der Waals surface area (Å²) >= 11 is 0. The van der Waals surface area contributed by atoms with Crippen molar-refractivity contribution in [2.75, 3.05) is 0 Å². The number of nitrogens with one attached hydrogen (secondary N) is 2. The van der Waals surface area contributed by atoms with Crippen molar-refractivity contribution in [3.63, 3.8) is 0 Å². The quantitative estimate of drug-likeness (QED) is 0.653. The normalized spacial score (nSPS) is 12.4. The first-order valence-electron chi connectivity index (χ1n) is 6.05. The second kappa shape index (κ2) is 6.78. The largest absolute Gasteiger partial charge is 0.368 e. The molecule has 18 heavy (non-hydrogen) atoms. The number of carbonyl (C=O) groups excluding carboxylic acids is 2. The number of aromatic nitrogens is 2. The Morgan fingerprint density at radius 1 is 1.50 bits per heavy atom. The lowest BCUT2D eigenvalue weighted by Gasteiger charge is -2.15. The number of H-pyrrole nitrogens is 1. The van der Waals surface area contributed by atoms with Crippen molar-refractivity contribution in [3.05, 3.63) is 18.2 Å². The van der Waals surface area contributed by atoms with Gasteiger partial charge < -0.3 is 16.0 Å². The maximum atomic E-state index is 11.6. The van der Waals surface area contributed by atoms with E-state index in [0.717, 1.165) is 12.1 Å². The molecule has 0 spiro atoms. The lowest BCUT2D eigenvalue weighted by Crippen LogP contribution is -2.45. The molecule has 1 aromatic heterocycles. The van der Waals surface area contributed by atoms with E-state index in [9.17, 15) is 9.59 Å². The van der Waals surface area contributed by atoms with Gasteiger partial charge in [0.2, 0.25) is 11.8 Å². The van der Waals surface area contributed by atoms with Crippen LogP contribution in [-0.4, -0.2) is 27.8 Å². The molecule has 0 radical (unpaired) electrons. The molecule has 0 aliphatic rings. The SMILES string of the molecule is CC(C)CCC(=O)NC(Cc1cnc[nH]1)C(N)=O. The average Bonchev–Trinajstić information content (AvgIpc) is 2.78. The van der Waals surface area contributed by atoms with Gasteiger partial charge in [0.15, 0.2) is 0 Å². The van der Waals surface area contributed by atoms with Crippen molar-refractivity contribution in [2.45, 2.75) is 39.2 Å². The number of nitrogens with two attached hydrogens (primary N) is 1. The minimum absolute atomic E-state index is 0.146. The van der Waals surface area contributed by atoms with Gasteiger partial charge in [-0.3, -0.25) is 9.59 Å². The molecule has 0 aliphatic heterocycles. The minimum atomic E-state index is -0.690. The molecule has 4 N–H and O–H groups in total. The van der Waals surface area contributed by atoms with Crippen LogP contribution in [-0.2, 0) is 16.0 Å². The maximum Gasteiger partial charge on any atom is 0.240 e. The molecular formula is C12H20N4O2. The zero-order valence-corrected chi connectivity index (χ0v) is 10.8. The predicted molar refractivity (Wildman–Crippen MR) is 67.5 cm³/mol. The Morgan fingerprint density at radius 3 is 2.72 bits per heavy atom. The third kappa shape index (κ3) is 4.99. The zero-order valence-electron chi connectivity index (χ0n) is 10.8. The van der Waals surface area contributed by atoms with E-state index in [1.807, 2.05) is 13.8 Å². The number of hydrogen-bond acceptors (Lipinski definition) is 3. The Balaban J connectivity index is 2.48. The Morgan fingerprint density at radius 2 is 2.22 bits per heavy atom. The first-order chi connectivity index (χ1) is 8.49. The van der Waals surface area contributed by atoms with Crippen LogP contribution >= 0.6 is 0 Å². The van der Waals surface area contributed by atoms with E-state index in [1.54, 1.807) is 6.20 Å². The van der Waals surface area contributed by atoms with Gasteiger partial charge in [0.25, 0.3) is 0 Å². The van der Waals surface area contributed by atoms with Crippen molar-refractivity contribution < 1.29 is 9.59 Å². The smallest absolute Gasteiger partial charge is 0.240 e. The lowest BCUT2D eigenvalue weighted by atomic mass is 10.1. The topological polar surface area (TPSA) is 101 Å². The second-order valence-electron chi connectivity index (χ2n) is 4.74. The minimum Gasteiger partial charge on any atom is -0.368 e. The van der Waals surface area contributed by atoms with Gasteiger partial charge in [-0.05, 0) is 12.3 Å². The van der Waals surface area contributed by atoms with E-state index >= 15 is 0 Å². The molecule has 2 amide bonds. The molecule has 0 saturated heterocycles. The van der Waals surface area contributed by atoms with Crippen molar-refractivity contribution in [2.24, 2.45) is 11.7 Å². The highest BCUT2D eigenvalue weighted by Crippen LogP contribution is 2.04. The summed E-state index contributed by atoms with van der Waals surface area (Å²) in [5.41, 5.74) is 6.04. The van der Waals surface area contributed by atoms with Gasteiger partial charge in [0, 0.05) is 24.7 Å². The number of primary amides is 1. The third-order valence-corrected chi connectivity index (χ3v) is 2.61. The summed E-state index contributed by atoms with van der Waals surface area (Å²) in [4.78, 5) is 29.6. The van der Waals surface area contributed by atoms with Gasteiger partial charge in [-0.2, -0.15) is 0 Å². The Kier molecular flexibility index (Phi) is 5.35. The van der Waals surface area contributed by atoms with Gasteiger partial charge in [-0.25, -0.2) is 4.98 Å². The van der Waals surface area contributed by atoms with E-state index in [1.165, 1.54) is 6.33 Å². The molecule has 0 fully saturated rings. The van der Waals surface area contributed by atoms with Crippen LogP contribution in [0.5, 0.6) is 0 Å². The highest BCUT2D eigenvalue weighted by molar-refractivity contribution is 5.86. The van der Waals surface area contributed by atoms with Crippen LogP contribution in [0.15, 0.2) is 12.5 Å². The van der Waals surface area contributed by atoms with Crippen molar-refractivity contribution in [1.82, 2.24) is 15.3 Å². The summed E-state index contributed by atoms with van der Waals surface area (Å²) in [6, 6.07) is -0.690. The Hall–Kier alpha value is -1.85. The highest BCUT2D eigenvalue weighted by Gasteiger charge is 2.19. The van der Waals surface area contributed by atoms with Crippen molar-refractivity contribution in [3.8, 4) is 0 Å². The fourth-order valence-electron chi connectivity index (χ4n) is 1.53. The van der Waals surface area contributed by atoms with Crippen LogP contribution in [0.2, 0.25) is 0 Å². The zero-order chi connectivity index (χ0) is 13.5. The van der Waals surface area contributed by atoms with Crippen molar-refractivity contribution >= 4 is 11.8 Å². The third-order valence-electron chi connectivity index (χ3n) is 2.61. The first kappa shape index (κ1) is 14.2. The van der Waals surface area contributed by atoms with Crippen LogP contribution < -0.4 is 11.1 Å². The van der Waals surface area contributed by atoms with E-state index in [-0.39, 0.29) is 5.91 Å². The molecular weight excluding hydrogens is 232 g/mol. The molecule has 100 valence electrons. The van der Waals surface area contributed by atoms with Crippen LogP contribution in [0.4, 0.5) is 0 Å². The van der Waals surface area contributed by atoms with Crippen LogP contribution in [0.25, 0.3) is 0 Å². The number of imidazole rings is 1. The van der Waals surface area contributed by atoms with E-state index in [0.29, 0.717) is 18.8 Å². The Bertz CT molecular complexity index is 387. The maximum absolute atomic E-state index is 11.6. The number of carbonyl (C=O) groups is 2. The van der Waals surface area contributed by atoms with Gasteiger partial charge in [-0.15, -0.1) is 0 Å². The monoisotopic (exact) mass is 252 g/mol. The summed E-state index contributed by atoms with van der Waals surface area (Å²) < 4.78 is 0. The number of hydrogen-bond donors (Lipinski definition) is 3. The first-order valence-corrected chi connectivity index (χ1v) is 6.05. The van der Waals surface area contributed by atoms with Gasteiger partial charge in [0.1, 0.15) is 6.04 Å². The van der Waals surface area contributed by atoms with E-state index in [2.05, 4.69) is 15.3 Å². The number of aromatic amines is 1. The fourth-order valence-corrected chi connectivity index (χ4v) is 1.53. The van der Waals surface area contributed by atoms with E-state index < -0.39 is 11.9 Å². The summed E-state index contributed by atoms with van der Waals surface area (Å²) in [6.07, 6.45) is 4.67. The summed E-state index contributed by atoms with van der Waals surface area (Å²) in [7, 11) is 0. The standard InChI is InChI=1S/C12H20N4O2/c1-8(2)3-4-11(17)16-10(12(13)18)5-9-6-14-7-15-9/h6-8,10H,3-5H2,1-2H3,(H2,13,18)(H,14,15)(H,16,17). The molecule has 0 aromatic carbocycles. The highest BCUT2D eigenvalue weighted by atomic mass is 16.2. The molecule has 6 heteroatoms. The molecule has 1 rings (SSSR count). The molecule has 1 aromatic rings. The van der Waals surface area contributed by atoms with Gasteiger partial charge >= 0.3 is 0 Å². The molecule has 1 heterocycles. The van der Waals surface area contributed by atoms with Crippen molar-refractivity contribution in [1.29, 1.82) is 0 Å². The van der Waals surface area contributed by atoms with Crippen LogP contribution in [0.3, 0.4) is 0 Å². The second-order valence-corrected chi connectivity index (χ2v) is 4.74. The summed E-state index contributed by atoms with van der Waals surface area (Å²) in [5.74, 6) is -0.232. The molecule has 0 bridgehead atoms. The molecule has 1 unspecified atom stereocenters. The van der Waals surface area contributed by atoms with E-state index in [4.69, 9.17) is 5.73 Å². The Labute approximate surface area is 106 Å². The van der Waals surface area contributed by atoms with Gasteiger partial charge in [0.05, 0.1) is 6.33 Å². The summed E-state index contributed by atoms with van der Waals surface area (Å²) in [6.45, 7) is 4.09. The molecule has 0 aliphatic carbocycles. The number of rotatable bonds is 7. The molecule has 0 saturated carbocycles. The summed E-state index contributed by atoms with van der Waals surface area (Å²) in [5, 5.41) is 2.65.